The smallest absolute Gasteiger partial charge is 0.0325 e. The van der Waals surface area contributed by atoms with Gasteiger partial charge in [-0.3, -0.25) is 0 Å². The van der Waals surface area contributed by atoms with Crippen LogP contribution in [-0.4, -0.2) is 9.52 Å². The van der Waals surface area contributed by atoms with Crippen molar-refractivity contribution in [3.8, 4) is 0 Å². The highest BCUT2D eigenvalue weighted by atomic mass is 35.5. The third kappa shape index (κ3) is 1.77. The number of halogens is 2. The Morgan fingerprint density at radius 2 is 2.20 bits per heavy atom. The normalized spacial score (nSPS) is 28.5. The van der Waals surface area contributed by atoms with Crippen molar-refractivity contribution in [1.29, 1.82) is 0 Å². The van der Waals surface area contributed by atoms with Gasteiger partial charge in [0.2, 0.25) is 0 Å². The molecule has 0 fully saturated rings. The zero-order valence-electron chi connectivity index (χ0n) is 6.16. The Morgan fingerprint density at radius 1 is 1.50 bits per heavy atom. The molecule has 1 aliphatic rings. The highest BCUT2D eigenvalue weighted by Crippen LogP contribution is 2.37. The van der Waals surface area contributed by atoms with Gasteiger partial charge in [0.1, 0.15) is 0 Å². The van der Waals surface area contributed by atoms with Crippen LogP contribution in [0.4, 0.5) is 0 Å². The highest BCUT2D eigenvalue weighted by Gasteiger charge is 2.18. The molecule has 3 heteroatoms. The zero-order valence-corrected chi connectivity index (χ0v) is 9.09. The monoisotopic (exact) mass is 194 g/mol. The molecule has 0 bridgehead atoms. The topological polar surface area (TPSA) is 0 Å². The second-order valence-corrected chi connectivity index (χ2v) is 5.42. The first-order valence-electron chi connectivity index (χ1n) is 3.79. The van der Waals surface area contributed by atoms with Crippen molar-refractivity contribution in [2.75, 3.05) is 0 Å². The maximum atomic E-state index is 6.02. The van der Waals surface area contributed by atoms with E-state index < -0.39 is 0 Å². The van der Waals surface area contributed by atoms with Crippen LogP contribution in [0, 0.1) is 0 Å². The largest absolute Gasteiger partial charge is 0.0879 e. The minimum absolute atomic E-state index is 0.0147. The van der Waals surface area contributed by atoms with Crippen molar-refractivity contribution >= 4 is 32.7 Å². The number of rotatable bonds is 1. The van der Waals surface area contributed by atoms with Gasteiger partial charge >= 0.3 is 0 Å². The fourth-order valence-electron chi connectivity index (χ4n) is 1.35. The van der Waals surface area contributed by atoms with E-state index in [-0.39, 0.29) is 9.52 Å². The summed E-state index contributed by atoms with van der Waals surface area (Å²) in [6.07, 6.45) is 3.52. The first kappa shape index (κ1) is 8.63. The van der Waals surface area contributed by atoms with E-state index in [9.17, 15) is 0 Å². The van der Waals surface area contributed by atoms with Gasteiger partial charge in [-0.25, -0.2) is 0 Å². The summed E-state index contributed by atoms with van der Waals surface area (Å²) < 4.78 is 0. The molecule has 0 spiro atoms. The molecule has 0 aromatic heterocycles. The third-order valence-corrected chi connectivity index (χ3v) is 5.15. The fourth-order valence-corrected chi connectivity index (χ4v) is 3.74. The van der Waals surface area contributed by atoms with Crippen molar-refractivity contribution < 1.29 is 0 Å². The van der Waals surface area contributed by atoms with Crippen molar-refractivity contribution in [1.82, 2.24) is 0 Å². The molecular weight excluding hydrogens is 183 g/mol. The van der Waals surface area contributed by atoms with Gasteiger partial charge in [-0.2, -0.15) is 0 Å². The lowest BCUT2D eigenvalue weighted by atomic mass is 10.1. The third-order valence-electron chi connectivity index (χ3n) is 2.06. The van der Waals surface area contributed by atoms with E-state index in [1.54, 1.807) is 0 Å². The molecule has 0 heterocycles. The first-order valence-corrected chi connectivity index (χ1v) is 6.78. The summed E-state index contributed by atoms with van der Waals surface area (Å²) in [7, 11) is 0.0147. The molecule has 0 amide bonds. The Kier molecular flexibility index (Phi) is 3.27. The zero-order chi connectivity index (χ0) is 7.56. The molecule has 0 radical (unpaired) electrons. The first-order chi connectivity index (χ1) is 4.75. The van der Waals surface area contributed by atoms with Crippen molar-refractivity contribution in [2.45, 2.75) is 31.4 Å². The van der Waals surface area contributed by atoms with Crippen LogP contribution in [0.3, 0.4) is 0 Å². The Morgan fingerprint density at radius 3 is 2.70 bits per heavy atom. The van der Waals surface area contributed by atoms with E-state index in [0.29, 0.717) is 5.54 Å². The molecule has 0 aromatic carbocycles. The predicted molar refractivity (Wildman–Crippen MR) is 50.7 cm³/mol. The van der Waals surface area contributed by atoms with Crippen molar-refractivity contribution in [2.24, 2.45) is 0 Å². The van der Waals surface area contributed by atoms with E-state index in [1.165, 1.54) is 12.8 Å². The molecule has 10 heavy (non-hydrogen) atoms. The van der Waals surface area contributed by atoms with Gasteiger partial charge in [-0.05, 0) is 24.8 Å². The Balaban J connectivity index is 2.68. The lowest BCUT2D eigenvalue weighted by Crippen LogP contribution is -2.06. The second kappa shape index (κ2) is 3.79. The summed E-state index contributed by atoms with van der Waals surface area (Å²) in [4.78, 5) is 0. The van der Waals surface area contributed by atoms with Crippen LogP contribution in [0.5, 0.6) is 0 Å². The number of hydrogen-bond acceptors (Lipinski definition) is 0. The Hall–Kier alpha value is 0.537. The number of allylic oxidation sites excluding steroid dienone is 2. The summed E-state index contributed by atoms with van der Waals surface area (Å²) in [5, 5.41) is 1.90. The summed E-state index contributed by atoms with van der Waals surface area (Å²) in [6, 6.07) is 0. The summed E-state index contributed by atoms with van der Waals surface area (Å²) in [6.45, 7) is 2.29. The van der Waals surface area contributed by atoms with Gasteiger partial charge in [-0.15, -0.1) is 0 Å². The van der Waals surface area contributed by atoms with Crippen LogP contribution in [0.15, 0.2) is 10.1 Å². The minimum Gasteiger partial charge on any atom is -0.0879 e. The molecule has 1 aliphatic carbocycles. The van der Waals surface area contributed by atoms with Gasteiger partial charge in [0, 0.05) is 19.6 Å². The average Bonchev–Trinajstić information content (AvgIpc) is 1.95. The Bertz CT molecular complexity index is 154. The highest BCUT2D eigenvalue weighted by molar-refractivity contribution is 6.47. The van der Waals surface area contributed by atoms with Gasteiger partial charge in [0.25, 0.3) is 0 Å². The van der Waals surface area contributed by atoms with Gasteiger partial charge in [-0.1, -0.05) is 29.7 Å². The van der Waals surface area contributed by atoms with E-state index in [0.717, 1.165) is 16.5 Å². The Labute approximate surface area is 74.4 Å². The van der Waals surface area contributed by atoms with Crippen LogP contribution in [0.2, 0.25) is 12.1 Å². The standard InChI is InChI=1S/C7H12Cl2Si/c1-10-6-4-2-3-5(8)7(6)9/h6H,2-4,10H2,1H3. The molecule has 1 atom stereocenters. The summed E-state index contributed by atoms with van der Waals surface area (Å²) in [5.74, 6) is 0. The SMILES string of the molecule is C[SiH2]C1CCCC(Cl)=C1Cl. The number of hydrogen-bond donors (Lipinski definition) is 0. The van der Waals surface area contributed by atoms with Crippen LogP contribution >= 0.6 is 23.2 Å². The van der Waals surface area contributed by atoms with Gasteiger partial charge in [0.05, 0.1) is 0 Å². The predicted octanol–water partition coefficient (Wildman–Crippen LogP) is 2.86. The van der Waals surface area contributed by atoms with Crippen molar-refractivity contribution in [3.63, 3.8) is 0 Å². The lowest BCUT2D eigenvalue weighted by molar-refractivity contribution is 0.708. The maximum Gasteiger partial charge on any atom is 0.0325 e. The average molecular weight is 195 g/mol. The molecule has 0 nitrogen and oxygen atoms in total. The van der Waals surface area contributed by atoms with Crippen LogP contribution < -0.4 is 0 Å². The molecule has 1 unspecified atom stereocenters. The molecular formula is C7H12Cl2Si. The molecule has 1 rings (SSSR count). The minimum atomic E-state index is 0.0147. The molecule has 0 saturated carbocycles. The van der Waals surface area contributed by atoms with Crippen molar-refractivity contribution in [3.05, 3.63) is 10.1 Å². The maximum absolute atomic E-state index is 6.02. The van der Waals surface area contributed by atoms with Crippen LogP contribution in [0.25, 0.3) is 0 Å². The van der Waals surface area contributed by atoms with Crippen LogP contribution in [0.1, 0.15) is 19.3 Å². The summed E-state index contributed by atoms with van der Waals surface area (Å²) in [5.41, 5.74) is 0.683. The van der Waals surface area contributed by atoms with E-state index in [2.05, 4.69) is 6.55 Å². The quantitative estimate of drug-likeness (QED) is 0.564. The lowest BCUT2D eigenvalue weighted by Gasteiger charge is -2.20. The van der Waals surface area contributed by atoms with E-state index >= 15 is 0 Å². The van der Waals surface area contributed by atoms with Gasteiger partial charge in [0.15, 0.2) is 0 Å². The molecule has 0 saturated heterocycles. The van der Waals surface area contributed by atoms with Gasteiger partial charge < -0.3 is 0 Å². The summed E-state index contributed by atoms with van der Waals surface area (Å²) >= 11 is 11.9. The molecule has 58 valence electrons. The van der Waals surface area contributed by atoms with E-state index in [4.69, 9.17) is 23.2 Å². The second-order valence-electron chi connectivity index (χ2n) is 2.75. The molecule has 0 aromatic rings. The van der Waals surface area contributed by atoms with Crippen LogP contribution in [-0.2, 0) is 0 Å². The fraction of sp³-hybridized carbons (Fsp3) is 0.714. The van der Waals surface area contributed by atoms with E-state index in [1.807, 2.05) is 0 Å². The molecule has 0 N–H and O–H groups in total. The molecule has 0 aliphatic heterocycles.